The number of para-hydroxylation sites is 1. The number of nitrogens with zero attached hydrogens (tertiary/aromatic N) is 1. The number of halogens is 2. The molecular formula is C20H24F2N2O2S. The molecule has 3 rings (SSSR count). The Morgan fingerprint density at radius 2 is 2.00 bits per heavy atom. The summed E-state index contributed by atoms with van der Waals surface area (Å²) in [7, 11) is 0. The molecule has 7 heteroatoms. The Labute approximate surface area is 162 Å². The van der Waals surface area contributed by atoms with E-state index in [9.17, 15) is 13.6 Å². The molecule has 27 heavy (non-hydrogen) atoms. The van der Waals surface area contributed by atoms with Crippen LogP contribution in [-0.2, 0) is 0 Å². The van der Waals surface area contributed by atoms with Crippen molar-refractivity contribution in [2.45, 2.75) is 32.4 Å². The van der Waals surface area contributed by atoms with Gasteiger partial charge >= 0.3 is 6.61 Å². The molecule has 146 valence electrons. The zero-order valence-corrected chi connectivity index (χ0v) is 16.1. The first kappa shape index (κ1) is 19.8. The Balaban J connectivity index is 1.69. The first-order valence-electron chi connectivity index (χ1n) is 9.14. The van der Waals surface area contributed by atoms with Gasteiger partial charge in [-0.25, -0.2) is 0 Å². The Morgan fingerprint density at radius 1 is 1.26 bits per heavy atom. The minimum absolute atomic E-state index is 0.0876. The number of alkyl halides is 2. The molecule has 1 saturated heterocycles. The SMILES string of the molecule is CC1CCN(C(CNC(=O)c2ccccc2OC(F)F)c2cccs2)CC1. The van der Waals surface area contributed by atoms with Gasteiger partial charge in [0.05, 0.1) is 11.6 Å². The molecular weight excluding hydrogens is 370 g/mol. The summed E-state index contributed by atoms with van der Waals surface area (Å²) < 4.78 is 29.6. The van der Waals surface area contributed by atoms with Crippen molar-refractivity contribution in [1.29, 1.82) is 0 Å². The molecule has 4 nitrogen and oxygen atoms in total. The van der Waals surface area contributed by atoms with E-state index in [1.165, 1.54) is 17.0 Å². The number of ether oxygens (including phenoxy) is 1. The Bertz CT molecular complexity index is 731. The van der Waals surface area contributed by atoms with E-state index in [0.717, 1.165) is 31.8 Å². The third-order valence-electron chi connectivity index (χ3n) is 4.93. The Kier molecular flexibility index (Phi) is 6.79. The smallest absolute Gasteiger partial charge is 0.387 e. The van der Waals surface area contributed by atoms with Gasteiger partial charge in [0.15, 0.2) is 0 Å². The fourth-order valence-corrected chi connectivity index (χ4v) is 4.23. The highest BCUT2D eigenvalue weighted by molar-refractivity contribution is 7.10. The van der Waals surface area contributed by atoms with Crippen LogP contribution in [0.15, 0.2) is 41.8 Å². The van der Waals surface area contributed by atoms with Crippen LogP contribution in [-0.4, -0.2) is 37.1 Å². The van der Waals surface area contributed by atoms with Crippen LogP contribution in [0, 0.1) is 5.92 Å². The van der Waals surface area contributed by atoms with Gasteiger partial charge in [0.25, 0.3) is 5.91 Å². The number of rotatable bonds is 7. The monoisotopic (exact) mass is 394 g/mol. The maximum Gasteiger partial charge on any atom is 0.387 e. The quantitative estimate of drug-likeness (QED) is 0.749. The van der Waals surface area contributed by atoms with Crippen molar-refractivity contribution in [3.05, 3.63) is 52.2 Å². The number of likely N-dealkylation sites (tertiary alicyclic amines) is 1. The second-order valence-corrected chi connectivity index (χ2v) is 7.81. The molecule has 1 aromatic heterocycles. The van der Waals surface area contributed by atoms with Gasteiger partial charge in [-0.1, -0.05) is 25.1 Å². The maximum absolute atomic E-state index is 12.6. The highest BCUT2D eigenvalue weighted by Gasteiger charge is 2.26. The van der Waals surface area contributed by atoms with Crippen LogP contribution >= 0.6 is 11.3 Å². The first-order chi connectivity index (χ1) is 13.0. The largest absolute Gasteiger partial charge is 0.434 e. The average molecular weight is 394 g/mol. The fourth-order valence-electron chi connectivity index (χ4n) is 3.37. The summed E-state index contributed by atoms with van der Waals surface area (Å²) in [4.78, 5) is 16.2. The number of nitrogens with one attached hydrogen (secondary N) is 1. The first-order valence-corrected chi connectivity index (χ1v) is 10.0. The lowest BCUT2D eigenvalue weighted by atomic mass is 9.97. The molecule has 0 aliphatic carbocycles. The molecule has 1 atom stereocenters. The number of thiophene rings is 1. The second-order valence-electron chi connectivity index (χ2n) is 6.83. The van der Waals surface area contributed by atoms with E-state index in [0.29, 0.717) is 6.54 Å². The van der Waals surface area contributed by atoms with Gasteiger partial charge < -0.3 is 10.1 Å². The van der Waals surface area contributed by atoms with E-state index in [-0.39, 0.29) is 17.4 Å². The number of carbonyl (C=O) groups excluding carboxylic acids is 1. The third-order valence-corrected chi connectivity index (χ3v) is 5.91. The van der Waals surface area contributed by atoms with Gasteiger partial charge in [-0.2, -0.15) is 8.78 Å². The molecule has 1 amide bonds. The lowest BCUT2D eigenvalue weighted by Gasteiger charge is -2.36. The average Bonchev–Trinajstić information content (AvgIpc) is 3.17. The maximum atomic E-state index is 12.6. The standard InChI is InChI=1S/C20H24F2N2O2S/c1-14-8-10-24(11-9-14)16(18-7-4-12-27-18)13-23-19(25)15-5-2-3-6-17(15)26-20(21)22/h2-7,12,14,16,20H,8-11,13H2,1H3,(H,23,25). The van der Waals surface area contributed by atoms with E-state index in [2.05, 4.69) is 27.9 Å². The zero-order chi connectivity index (χ0) is 19.2. The number of piperidine rings is 1. The Hall–Kier alpha value is -1.99. The summed E-state index contributed by atoms with van der Waals surface area (Å²) in [5.41, 5.74) is 0.120. The Morgan fingerprint density at radius 3 is 2.67 bits per heavy atom. The third kappa shape index (κ3) is 5.26. The summed E-state index contributed by atoms with van der Waals surface area (Å²) in [6.07, 6.45) is 2.28. The van der Waals surface area contributed by atoms with Crippen LogP contribution in [0.4, 0.5) is 8.78 Å². The van der Waals surface area contributed by atoms with E-state index in [1.54, 1.807) is 23.5 Å². The van der Waals surface area contributed by atoms with Gasteiger partial charge in [-0.3, -0.25) is 9.69 Å². The molecule has 2 heterocycles. The highest BCUT2D eigenvalue weighted by Crippen LogP contribution is 2.29. The van der Waals surface area contributed by atoms with E-state index in [4.69, 9.17) is 0 Å². The minimum atomic E-state index is -2.96. The minimum Gasteiger partial charge on any atom is -0.434 e. The van der Waals surface area contributed by atoms with Gasteiger partial charge in [0.1, 0.15) is 5.75 Å². The van der Waals surface area contributed by atoms with Crippen molar-refractivity contribution in [3.63, 3.8) is 0 Å². The normalized spacial score (nSPS) is 17.0. The van der Waals surface area contributed by atoms with Gasteiger partial charge in [0, 0.05) is 11.4 Å². The summed E-state index contributed by atoms with van der Waals surface area (Å²) in [5, 5.41) is 4.94. The van der Waals surface area contributed by atoms with Crippen molar-refractivity contribution in [2.24, 2.45) is 5.92 Å². The van der Waals surface area contributed by atoms with Gasteiger partial charge in [-0.15, -0.1) is 11.3 Å². The highest BCUT2D eigenvalue weighted by atomic mass is 32.1. The number of hydrogen-bond donors (Lipinski definition) is 1. The topological polar surface area (TPSA) is 41.6 Å². The van der Waals surface area contributed by atoms with Crippen molar-refractivity contribution < 1.29 is 18.3 Å². The number of benzene rings is 1. The summed E-state index contributed by atoms with van der Waals surface area (Å²) in [6, 6.07) is 10.2. The van der Waals surface area contributed by atoms with E-state index < -0.39 is 12.5 Å². The summed E-state index contributed by atoms with van der Waals surface area (Å²) in [6.45, 7) is 1.71. The van der Waals surface area contributed by atoms with Crippen LogP contribution in [0.1, 0.15) is 41.0 Å². The van der Waals surface area contributed by atoms with Gasteiger partial charge in [-0.05, 0) is 55.4 Å². The molecule has 1 unspecified atom stereocenters. The van der Waals surface area contributed by atoms with Crippen LogP contribution in [0.25, 0.3) is 0 Å². The molecule has 0 spiro atoms. The second kappa shape index (κ2) is 9.28. The molecule has 1 aliphatic heterocycles. The van der Waals surface area contributed by atoms with Crippen LogP contribution < -0.4 is 10.1 Å². The lowest BCUT2D eigenvalue weighted by molar-refractivity contribution is -0.0501. The van der Waals surface area contributed by atoms with Crippen molar-refractivity contribution in [2.75, 3.05) is 19.6 Å². The van der Waals surface area contributed by atoms with E-state index in [1.807, 2.05) is 11.4 Å². The summed E-state index contributed by atoms with van der Waals surface area (Å²) >= 11 is 1.67. The zero-order valence-electron chi connectivity index (χ0n) is 15.2. The molecule has 0 saturated carbocycles. The predicted octanol–water partition coefficient (Wildman–Crippen LogP) is 4.55. The molecule has 1 fully saturated rings. The lowest BCUT2D eigenvalue weighted by Crippen LogP contribution is -2.41. The molecule has 0 bridgehead atoms. The van der Waals surface area contributed by atoms with E-state index >= 15 is 0 Å². The number of amides is 1. The fraction of sp³-hybridized carbons (Fsp3) is 0.450. The molecule has 0 radical (unpaired) electrons. The van der Waals surface area contributed by atoms with Crippen LogP contribution in [0.2, 0.25) is 0 Å². The van der Waals surface area contributed by atoms with Crippen molar-refractivity contribution in [3.8, 4) is 5.75 Å². The molecule has 1 N–H and O–H groups in total. The van der Waals surface area contributed by atoms with Crippen LogP contribution in [0.5, 0.6) is 5.75 Å². The predicted molar refractivity (Wildman–Crippen MR) is 102 cm³/mol. The van der Waals surface area contributed by atoms with Crippen LogP contribution in [0.3, 0.4) is 0 Å². The van der Waals surface area contributed by atoms with Crippen molar-refractivity contribution >= 4 is 17.2 Å². The molecule has 1 aliphatic rings. The van der Waals surface area contributed by atoms with Crippen molar-refractivity contribution in [1.82, 2.24) is 10.2 Å². The summed E-state index contributed by atoms with van der Waals surface area (Å²) in [5.74, 6) is 0.209. The molecule has 1 aromatic carbocycles. The number of carbonyl (C=O) groups is 1. The number of hydrogen-bond acceptors (Lipinski definition) is 4. The van der Waals surface area contributed by atoms with Gasteiger partial charge in [0.2, 0.25) is 0 Å². The molecule has 2 aromatic rings.